The molecule has 0 saturated heterocycles. The lowest BCUT2D eigenvalue weighted by Gasteiger charge is -2.14. The fraction of sp³-hybridized carbons (Fsp3) is 0.333. The minimum atomic E-state index is -0.403. The predicted molar refractivity (Wildman–Crippen MR) is 85.9 cm³/mol. The molecule has 1 atom stereocenters. The Morgan fingerprint density at radius 3 is 2.45 bits per heavy atom. The van der Waals surface area contributed by atoms with Gasteiger partial charge in [0.15, 0.2) is 0 Å². The third kappa shape index (κ3) is 3.84. The maximum Gasteiger partial charge on any atom is 0.0790 e. The van der Waals surface area contributed by atoms with E-state index < -0.39 is 6.10 Å². The molecular formula is C18H21ClO. The Kier molecular flexibility index (Phi) is 5.22. The van der Waals surface area contributed by atoms with E-state index in [1.165, 1.54) is 0 Å². The van der Waals surface area contributed by atoms with Gasteiger partial charge in [0.1, 0.15) is 0 Å². The molecule has 1 unspecified atom stereocenters. The summed E-state index contributed by atoms with van der Waals surface area (Å²) >= 11 is 6.23. The molecule has 0 aliphatic carbocycles. The molecule has 1 N–H and O–H groups in total. The van der Waals surface area contributed by atoms with Gasteiger partial charge in [-0.05, 0) is 42.0 Å². The normalized spacial score (nSPS) is 12.7. The van der Waals surface area contributed by atoms with Crippen molar-refractivity contribution in [3.05, 3.63) is 59.1 Å². The van der Waals surface area contributed by atoms with Crippen LogP contribution in [0.15, 0.2) is 48.5 Å². The molecular weight excluding hydrogens is 268 g/mol. The van der Waals surface area contributed by atoms with Gasteiger partial charge in [-0.3, -0.25) is 0 Å². The average molecular weight is 289 g/mol. The minimum absolute atomic E-state index is 0.403. The SMILES string of the molecule is CC(C)CCC(O)c1cccc(-c2ccccc2Cl)c1. The number of halogens is 1. The second-order valence-corrected chi connectivity index (χ2v) is 6.00. The van der Waals surface area contributed by atoms with Gasteiger partial charge in [0.2, 0.25) is 0 Å². The molecule has 0 aromatic heterocycles. The highest BCUT2D eigenvalue weighted by Gasteiger charge is 2.10. The monoisotopic (exact) mass is 288 g/mol. The zero-order chi connectivity index (χ0) is 14.5. The summed E-state index contributed by atoms with van der Waals surface area (Å²) in [5.41, 5.74) is 3.02. The first-order valence-corrected chi connectivity index (χ1v) is 7.48. The van der Waals surface area contributed by atoms with E-state index in [4.69, 9.17) is 11.6 Å². The summed E-state index contributed by atoms with van der Waals surface area (Å²) < 4.78 is 0. The summed E-state index contributed by atoms with van der Waals surface area (Å²) in [4.78, 5) is 0. The van der Waals surface area contributed by atoms with Gasteiger partial charge in [0, 0.05) is 10.6 Å². The fourth-order valence-corrected chi connectivity index (χ4v) is 2.51. The van der Waals surface area contributed by atoms with Crippen molar-refractivity contribution >= 4 is 11.6 Å². The number of aliphatic hydroxyl groups is 1. The lowest BCUT2D eigenvalue weighted by Crippen LogP contribution is -2.00. The maximum absolute atomic E-state index is 10.3. The molecule has 0 saturated carbocycles. The van der Waals surface area contributed by atoms with Crippen molar-refractivity contribution in [2.24, 2.45) is 5.92 Å². The second kappa shape index (κ2) is 6.92. The standard InChI is InChI=1S/C18H21ClO/c1-13(2)10-11-18(20)15-7-5-6-14(12-15)16-8-3-4-9-17(16)19/h3-9,12-13,18,20H,10-11H2,1-2H3. The van der Waals surface area contributed by atoms with Gasteiger partial charge in [0.25, 0.3) is 0 Å². The quantitative estimate of drug-likeness (QED) is 0.773. The van der Waals surface area contributed by atoms with Crippen LogP contribution in [-0.4, -0.2) is 5.11 Å². The summed E-state index contributed by atoms with van der Waals surface area (Å²) in [6, 6.07) is 15.8. The molecule has 106 valence electrons. The topological polar surface area (TPSA) is 20.2 Å². The number of hydrogen-bond donors (Lipinski definition) is 1. The van der Waals surface area contributed by atoms with Crippen LogP contribution in [0.2, 0.25) is 5.02 Å². The van der Waals surface area contributed by atoms with E-state index >= 15 is 0 Å². The van der Waals surface area contributed by atoms with E-state index in [2.05, 4.69) is 13.8 Å². The van der Waals surface area contributed by atoms with Crippen molar-refractivity contribution in [2.45, 2.75) is 32.8 Å². The van der Waals surface area contributed by atoms with Crippen LogP contribution in [0.3, 0.4) is 0 Å². The van der Waals surface area contributed by atoms with Gasteiger partial charge in [0.05, 0.1) is 6.10 Å². The van der Waals surface area contributed by atoms with Crippen LogP contribution in [-0.2, 0) is 0 Å². The zero-order valence-corrected chi connectivity index (χ0v) is 12.8. The molecule has 2 aromatic rings. The van der Waals surface area contributed by atoms with Gasteiger partial charge < -0.3 is 5.11 Å². The summed E-state index contributed by atoms with van der Waals surface area (Å²) in [6.45, 7) is 4.35. The largest absolute Gasteiger partial charge is 0.388 e. The molecule has 0 aliphatic rings. The van der Waals surface area contributed by atoms with E-state index in [0.717, 1.165) is 34.6 Å². The highest BCUT2D eigenvalue weighted by atomic mass is 35.5. The zero-order valence-electron chi connectivity index (χ0n) is 12.0. The van der Waals surface area contributed by atoms with Crippen LogP contribution in [0, 0.1) is 5.92 Å². The van der Waals surface area contributed by atoms with Crippen molar-refractivity contribution in [3.8, 4) is 11.1 Å². The Hall–Kier alpha value is -1.31. The van der Waals surface area contributed by atoms with Crippen molar-refractivity contribution in [1.29, 1.82) is 0 Å². The molecule has 2 rings (SSSR count). The van der Waals surface area contributed by atoms with E-state index in [1.807, 2.05) is 48.5 Å². The molecule has 0 bridgehead atoms. The number of hydrogen-bond acceptors (Lipinski definition) is 1. The third-order valence-corrected chi connectivity index (χ3v) is 3.80. The van der Waals surface area contributed by atoms with Crippen LogP contribution in [0.5, 0.6) is 0 Å². The van der Waals surface area contributed by atoms with Crippen LogP contribution in [0.4, 0.5) is 0 Å². The van der Waals surface area contributed by atoms with E-state index in [-0.39, 0.29) is 0 Å². The summed E-state index contributed by atoms with van der Waals surface area (Å²) in [6.07, 6.45) is 1.42. The summed E-state index contributed by atoms with van der Waals surface area (Å²) in [5.74, 6) is 0.608. The molecule has 0 radical (unpaired) electrons. The van der Waals surface area contributed by atoms with Crippen LogP contribution >= 0.6 is 11.6 Å². The van der Waals surface area contributed by atoms with Crippen LogP contribution in [0.25, 0.3) is 11.1 Å². The lowest BCUT2D eigenvalue weighted by atomic mass is 9.96. The number of aliphatic hydroxyl groups excluding tert-OH is 1. The molecule has 0 spiro atoms. The van der Waals surface area contributed by atoms with Gasteiger partial charge in [-0.25, -0.2) is 0 Å². The van der Waals surface area contributed by atoms with Crippen molar-refractivity contribution in [3.63, 3.8) is 0 Å². The predicted octanol–water partition coefficient (Wildman–Crippen LogP) is 5.48. The first-order valence-electron chi connectivity index (χ1n) is 7.11. The van der Waals surface area contributed by atoms with Crippen molar-refractivity contribution in [1.82, 2.24) is 0 Å². The summed E-state index contributed by atoms with van der Waals surface area (Å²) in [5, 5.41) is 11.0. The molecule has 0 heterocycles. The van der Waals surface area contributed by atoms with Crippen molar-refractivity contribution < 1.29 is 5.11 Å². The molecule has 0 amide bonds. The Morgan fingerprint density at radius 2 is 1.75 bits per heavy atom. The Morgan fingerprint density at radius 1 is 1.00 bits per heavy atom. The van der Waals surface area contributed by atoms with E-state index in [0.29, 0.717) is 5.92 Å². The Labute approximate surface area is 126 Å². The van der Waals surface area contributed by atoms with E-state index in [1.54, 1.807) is 0 Å². The lowest BCUT2D eigenvalue weighted by molar-refractivity contribution is 0.159. The highest BCUT2D eigenvalue weighted by molar-refractivity contribution is 6.33. The Bertz CT molecular complexity index is 563. The van der Waals surface area contributed by atoms with Gasteiger partial charge in [-0.15, -0.1) is 0 Å². The number of benzene rings is 2. The van der Waals surface area contributed by atoms with Crippen molar-refractivity contribution in [2.75, 3.05) is 0 Å². The Balaban J connectivity index is 2.22. The highest BCUT2D eigenvalue weighted by Crippen LogP contribution is 2.30. The average Bonchev–Trinajstić information content (AvgIpc) is 2.45. The minimum Gasteiger partial charge on any atom is -0.388 e. The summed E-state index contributed by atoms with van der Waals surface area (Å²) in [7, 11) is 0. The molecule has 0 aliphatic heterocycles. The molecule has 0 fully saturated rings. The molecule has 2 heteroatoms. The molecule has 1 nitrogen and oxygen atoms in total. The van der Waals surface area contributed by atoms with E-state index in [9.17, 15) is 5.11 Å². The third-order valence-electron chi connectivity index (χ3n) is 3.47. The van der Waals surface area contributed by atoms with Gasteiger partial charge >= 0.3 is 0 Å². The smallest absolute Gasteiger partial charge is 0.0790 e. The second-order valence-electron chi connectivity index (χ2n) is 5.59. The first kappa shape index (κ1) is 15.1. The van der Waals surface area contributed by atoms with Crippen LogP contribution in [0.1, 0.15) is 38.4 Å². The number of rotatable bonds is 5. The van der Waals surface area contributed by atoms with Crippen LogP contribution < -0.4 is 0 Å². The van der Waals surface area contributed by atoms with Gasteiger partial charge in [-0.1, -0.05) is 61.8 Å². The molecule has 20 heavy (non-hydrogen) atoms. The molecule has 2 aromatic carbocycles. The maximum atomic E-state index is 10.3. The van der Waals surface area contributed by atoms with Gasteiger partial charge in [-0.2, -0.15) is 0 Å². The first-order chi connectivity index (χ1) is 9.58. The fourth-order valence-electron chi connectivity index (χ4n) is 2.27.